The number of pyridine rings is 1. The van der Waals surface area contributed by atoms with Crippen molar-refractivity contribution in [2.24, 2.45) is 0 Å². The van der Waals surface area contributed by atoms with Crippen LogP contribution in [0.3, 0.4) is 0 Å². The maximum atomic E-state index is 10.6. The van der Waals surface area contributed by atoms with E-state index in [1.807, 2.05) is 18.5 Å². The Morgan fingerprint density at radius 3 is 1.40 bits per heavy atom. The number of imidazole rings is 1. The Morgan fingerprint density at radius 1 is 0.635 bits per heavy atom. The predicted molar refractivity (Wildman–Crippen MR) is 148 cm³/mol. The summed E-state index contributed by atoms with van der Waals surface area (Å²) in [4.78, 5) is 51.9. The number of alkyl halides is 12. The van der Waals surface area contributed by atoms with Gasteiger partial charge in [-0.05, 0) is 18.7 Å². The monoisotopic (exact) mass is 782 g/mol. The van der Waals surface area contributed by atoms with Gasteiger partial charge in [-0.25, -0.2) is 24.2 Å². The Bertz CT molecular complexity index is 1330. The van der Waals surface area contributed by atoms with Crippen LogP contribution in [-0.2, 0) is 45.4 Å². The topological polar surface area (TPSA) is 190 Å². The fraction of sp³-hybridized carbons (Fsp3) is 0.538. The zero-order valence-electron chi connectivity index (χ0n) is 26.4. The van der Waals surface area contributed by atoms with Gasteiger partial charge in [0.2, 0.25) is 0 Å². The van der Waals surface area contributed by atoms with Crippen molar-refractivity contribution in [3.63, 3.8) is 0 Å². The van der Waals surface area contributed by atoms with Crippen LogP contribution >= 0.6 is 0 Å². The molecule has 1 saturated heterocycles. The zero-order chi connectivity index (χ0) is 40.7. The van der Waals surface area contributed by atoms with E-state index in [4.69, 9.17) is 44.6 Å². The normalized spacial score (nSPS) is 15.4. The van der Waals surface area contributed by atoms with Gasteiger partial charge in [-0.3, -0.25) is 14.8 Å². The molecule has 0 unspecified atom stereocenters. The summed E-state index contributed by atoms with van der Waals surface area (Å²) in [5.41, 5.74) is 2.64. The van der Waals surface area contributed by atoms with Gasteiger partial charge < -0.3 is 29.9 Å². The van der Waals surface area contributed by atoms with E-state index < -0.39 is 48.6 Å². The summed E-state index contributed by atoms with van der Waals surface area (Å²) in [6.45, 7) is 9.68. The first kappa shape index (κ1) is 47.3. The van der Waals surface area contributed by atoms with Crippen LogP contribution in [0.1, 0.15) is 17.1 Å². The molecule has 0 amide bonds. The number of carbonyl (C=O) groups is 4. The summed E-state index contributed by atoms with van der Waals surface area (Å²) in [6.07, 6.45) is -14.5. The van der Waals surface area contributed by atoms with E-state index >= 15 is 0 Å². The number of aromatic nitrogens is 3. The first-order valence-corrected chi connectivity index (χ1v) is 13.8. The largest absolute Gasteiger partial charge is 0.490 e. The number of carboxylic acids is 4. The van der Waals surface area contributed by atoms with Crippen molar-refractivity contribution in [2.45, 2.75) is 50.9 Å². The molecule has 14 nitrogen and oxygen atoms in total. The molecule has 0 bridgehead atoms. The molecule has 2 aromatic heterocycles. The summed E-state index contributed by atoms with van der Waals surface area (Å²) in [5, 5.41) is 28.5. The van der Waals surface area contributed by atoms with Gasteiger partial charge in [0.1, 0.15) is 5.82 Å². The van der Waals surface area contributed by atoms with E-state index in [0.717, 1.165) is 45.8 Å². The van der Waals surface area contributed by atoms with E-state index in [1.54, 1.807) is 0 Å². The highest BCUT2D eigenvalue weighted by molar-refractivity contribution is 5.74. The van der Waals surface area contributed by atoms with E-state index in [1.165, 1.54) is 30.2 Å². The van der Waals surface area contributed by atoms with Gasteiger partial charge in [0.05, 0.1) is 12.2 Å². The van der Waals surface area contributed by atoms with Gasteiger partial charge in [0, 0.05) is 70.9 Å². The quantitative estimate of drug-likeness (QED) is 0.330. The zero-order valence-corrected chi connectivity index (χ0v) is 26.4. The van der Waals surface area contributed by atoms with Crippen molar-refractivity contribution in [1.82, 2.24) is 29.2 Å². The van der Waals surface area contributed by atoms with Gasteiger partial charge >= 0.3 is 48.6 Å². The Balaban J connectivity index is 0.000000764. The molecule has 4 N–H and O–H groups in total. The molecule has 0 aliphatic carbocycles. The fourth-order valence-corrected chi connectivity index (χ4v) is 3.62. The third-order valence-electron chi connectivity index (χ3n) is 6.11. The van der Waals surface area contributed by atoms with Crippen LogP contribution in [0.5, 0.6) is 0 Å². The number of aliphatic carboxylic acids is 4. The molecule has 2 aliphatic rings. The Kier molecular flexibility index (Phi) is 18.5. The molecule has 296 valence electrons. The SMILES string of the molecule is CN1CCN(Cc2cnc3n2CCN(Cc2cccnc2)C3)CC1.O=C(O)C(F)(F)F.O=C(O)C(F)(F)F.O=C(O)C(F)(F)F.O=C(O)C(F)(F)F. The van der Waals surface area contributed by atoms with Crippen molar-refractivity contribution < 1.29 is 92.3 Å². The first-order chi connectivity index (χ1) is 23.5. The third kappa shape index (κ3) is 19.6. The number of halogens is 12. The van der Waals surface area contributed by atoms with E-state index in [0.29, 0.717) is 0 Å². The number of likely N-dealkylation sites (N-methyl/N-ethyl adjacent to an activating group) is 1. The van der Waals surface area contributed by atoms with Gasteiger partial charge in [-0.15, -0.1) is 0 Å². The molecule has 2 aromatic rings. The van der Waals surface area contributed by atoms with Gasteiger partial charge in [0.25, 0.3) is 0 Å². The Labute approximate surface area is 284 Å². The average molecular weight is 783 g/mol. The van der Waals surface area contributed by atoms with Crippen LogP contribution in [0.15, 0.2) is 30.7 Å². The van der Waals surface area contributed by atoms with Crippen LogP contribution in [0.25, 0.3) is 0 Å². The van der Waals surface area contributed by atoms with E-state index in [2.05, 4.69) is 43.6 Å². The molecule has 2 aliphatic heterocycles. The third-order valence-corrected chi connectivity index (χ3v) is 6.11. The molecule has 0 aromatic carbocycles. The smallest absolute Gasteiger partial charge is 0.475 e. The molecule has 0 spiro atoms. The lowest BCUT2D eigenvalue weighted by Crippen LogP contribution is -2.44. The van der Waals surface area contributed by atoms with Crippen LogP contribution in [-0.4, -0.2) is 138 Å². The molecular weight excluding hydrogens is 752 g/mol. The lowest BCUT2D eigenvalue weighted by atomic mass is 10.2. The summed E-state index contributed by atoms with van der Waals surface area (Å²) in [7, 11) is 2.20. The maximum absolute atomic E-state index is 10.6. The molecule has 0 saturated carbocycles. The molecular formula is C26H30F12N6O8. The van der Waals surface area contributed by atoms with Crippen molar-refractivity contribution in [1.29, 1.82) is 0 Å². The molecule has 0 atom stereocenters. The number of fused-ring (bicyclic) bond motifs is 1. The summed E-state index contributed by atoms with van der Waals surface area (Å²) in [5.74, 6) is -9.82. The minimum atomic E-state index is -5.08. The molecule has 0 radical (unpaired) electrons. The standard InChI is InChI=1S/C18H26N6.4C2HF3O2/c1-21-5-7-22(8-6-21)14-17-12-20-18-15-23(9-10-24(17)18)13-16-3-2-4-19-11-16;4*3-2(4,5)1(6)7/h2-4,11-12H,5-10,13-15H2,1H3;4*(H,6,7). The van der Waals surface area contributed by atoms with E-state index in [-0.39, 0.29) is 0 Å². The number of rotatable bonds is 4. The molecule has 1 fully saturated rings. The van der Waals surface area contributed by atoms with Crippen LogP contribution < -0.4 is 0 Å². The van der Waals surface area contributed by atoms with Gasteiger partial charge in [0.15, 0.2) is 0 Å². The number of hydrogen-bond acceptors (Lipinski definition) is 9. The molecule has 26 heteroatoms. The van der Waals surface area contributed by atoms with Crippen LogP contribution in [0, 0.1) is 0 Å². The number of piperazine rings is 1. The second-order valence-electron chi connectivity index (χ2n) is 10.2. The molecule has 4 heterocycles. The highest BCUT2D eigenvalue weighted by Crippen LogP contribution is 2.19. The van der Waals surface area contributed by atoms with Crippen molar-refractivity contribution in [2.75, 3.05) is 39.8 Å². The molecule has 4 rings (SSSR count). The number of nitrogens with zero attached hydrogens (tertiary/aromatic N) is 6. The summed E-state index contributed by atoms with van der Waals surface area (Å²) >= 11 is 0. The number of hydrogen-bond donors (Lipinski definition) is 4. The minimum absolute atomic E-state index is 0.928. The Morgan fingerprint density at radius 2 is 1.04 bits per heavy atom. The van der Waals surface area contributed by atoms with Crippen molar-refractivity contribution in [3.8, 4) is 0 Å². The second kappa shape index (κ2) is 20.4. The van der Waals surface area contributed by atoms with Crippen molar-refractivity contribution >= 4 is 23.9 Å². The molecule has 52 heavy (non-hydrogen) atoms. The van der Waals surface area contributed by atoms with Crippen LogP contribution in [0.2, 0.25) is 0 Å². The number of carboxylic acid groups (broad SMARTS) is 4. The minimum Gasteiger partial charge on any atom is -0.475 e. The highest BCUT2D eigenvalue weighted by Gasteiger charge is 2.40. The lowest BCUT2D eigenvalue weighted by molar-refractivity contribution is -0.193. The highest BCUT2D eigenvalue weighted by atomic mass is 19.4. The van der Waals surface area contributed by atoms with E-state index in [9.17, 15) is 52.7 Å². The van der Waals surface area contributed by atoms with Gasteiger partial charge in [-0.2, -0.15) is 52.7 Å². The first-order valence-electron chi connectivity index (χ1n) is 13.8. The Hall–Kier alpha value is -4.72. The summed E-state index contributed by atoms with van der Waals surface area (Å²) in [6, 6.07) is 4.15. The lowest BCUT2D eigenvalue weighted by Gasteiger charge is -2.33. The van der Waals surface area contributed by atoms with Crippen molar-refractivity contribution in [3.05, 3.63) is 47.8 Å². The summed E-state index contributed by atoms with van der Waals surface area (Å²) < 4.78 is 129. The average Bonchev–Trinajstić information content (AvgIpc) is 3.40. The second-order valence-corrected chi connectivity index (χ2v) is 10.2. The van der Waals surface area contributed by atoms with Crippen LogP contribution in [0.4, 0.5) is 52.7 Å². The van der Waals surface area contributed by atoms with Gasteiger partial charge in [-0.1, -0.05) is 6.07 Å². The maximum Gasteiger partial charge on any atom is 0.490 e. The predicted octanol–water partition coefficient (Wildman–Crippen LogP) is 3.57. The fourth-order valence-electron chi connectivity index (χ4n) is 3.62.